The summed E-state index contributed by atoms with van der Waals surface area (Å²) in [6, 6.07) is 18.5. The maximum atomic E-state index is 11.9. The van der Waals surface area contributed by atoms with Gasteiger partial charge < -0.3 is 18.7 Å². The van der Waals surface area contributed by atoms with Crippen molar-refractivity contribution < 1.29 is 18.7 Å². The lowest BCUT2D eigenvalue weighted by atomic mass is 10.1. The smallest absolute Gasteiger partial charge is 0.440 e. The number of rotatable bonds is 9. The Morgan fingerprint density at radius 2 is 1.65 bits per heavy atom. The maximum Gasteiger partial charge on any atom is 0.440 e. The number of H-pyrrole nitrogens is 1. The first-order chi connectivity index (χ1) is 16.4. The van der Waals surface area contributed by atoms with Crippen LogP contribution < -0.4 is 25.7 Å². The van der Waals surface area contributed by atoms with Gasteiger partial charge in [-0.3, -0.25) is 0 Å². The van der Waals surface area contributed by atoms with Gasteiger partial charge in [-0.2, -0.15) is 0 Å². The highest BCUT2D eigenvalue weighted by Crippen LogP contribution is 2.40. The van der Waals surface area contributed by atoms with E-state index in [0.29, 0.717) is 27.8 Å². The topological polar surface area (TPSA) is 95.7 Å². The minimum absolute atomic E-state index is 0.00658. The minimum atomic E-state index is -0.830. The molecule has 0 aliphatic carbocycles. The molecule has 1 heterocycles. The van der Waals surface area contributed by atoms with Gasteiger partial charge in [0.25, 0.3) is 0 Å². The predicted octanol–water partition coefficient (Wildman–Crippen LogP) is 4.76. The molecule has 1 aromatic heterocycles. The summed E-state index contributed by atoms with van der Waals surface area (Å²) in [7, 11) is 1.51. The van der Waals surface area contributed by atoms with Gasteiger partial charge >= 0.3 is 11.4 Å². The zero-order valence-corrected chi connectivity index (χ0v) is 20.4. The number of nitrogens with one attached hydrogen (secondary N) is 1. The Labute approximate surface area is 207 Å². The molecule has 176 valence electrons. The molecule has 0 spiro atoms. The molecule has 3 aromatic carbocycles. The molecule has 0 aliphatic heterocycles. The Hall–Kier alpha value is -3.43. The molecule has 4 rings (SSSR count). The Bertz CT molecular complexity index is 1410. The second-order valence-corrected chi connectivity index (χ2v) is 8.66. The standard InChI is InChI=1S/C24H20BrClN2O6/c1-31-20-10-17(12-28-23(29)27-24(30)34-28)11-21(32-13-16-5-3-7-19(26)9-16)22(20)33-14-15-4-2-6-18(25)8-15/h2-11H,12-14H2,1H3,(H,27,29,30). The van der Waals surface area contributed by atoms with Crippen molar-refractivity contribution in [3.63, 3.8) is 0 Å². The van der Waals surface area contributed by atoms with E-state index < -0.39 is 11.4 Å². The van der Waals surface area contributed by atoms with Crippen molar-refractivity contribution in [2.75, 3.05) is 7.11 Å². The summed E-state index contributed by atoms with van der Waals surface area (Å²) in [6.45, 7) is 0.488. The normalized spacial score (nSPS) is 10.8. The van der Waals surface area contributed by atoms with Gasteiger partial charge in [-0.15, -0.1) is 4.74 Å². The maximum absolute atomic E-state index is 11.9. The van der Waals surface area contributed by atoms with Crippen LogP contribution in [0.5, 0.6) is 17.2 Å². The van der Waals surface area contributed by atoms with Crippen LogP contribution in [0.3, 0.4) is 0 Å². The monoisotopic (exact) mass is 546 g/mol. The van der Waals surface area contributed by atoms with Crippen molar-refractivity contribution in [1.29, 1.82) is 0 Å². The highest BCUT2D eigenvalue weighted by molar-refractivity contribution is 9.10. The predicted molar refractivity (Wildman–Crippen MR) is 130 cm³/mol. The van der Waals surface area contributed by atoms with Gasteiger partial charge in [-0.25, -0.2) is 14.6 Å². The van der Waals surface area contributed by atoms with Crippen LogP contribution in [0.4, 0.5) is 0 Å². The van der Waals surface area contributed by atoms with E-state index in [1.54, 1.807) is 24.3 Å². The summed E-state index contributed by atoms with van der Waals surface area (Å²) in [5.41, 5.74) is 1.77. The van der Waals surface area contributed by atoms with Crippen LogP contribution in [-0.4, -0.2) is 16.8 Å². The third kappa shape index (κ3) is 5.92. The van der Waals surface area contributed by atoms with E-state index in [9.17, 15) is 9.59 Å². The molecule has 0 saturated carbocycles. The fraction of sp³-hybridized carbons (Fsp3) is 0.167. The molecule has 0 aliphatic rings. The molecular weight excluding hydrogens is 528 g/mol. The Kier molecular flexibility index (Phi) is 7.44. The van der Waals surface area contributed by atoms with E-state index in [4.69, 9.17) is 30.3 Å². The van der Waals surface area contributed by atoms with Crippen molar-refractivity contribution in [2.45, 2.75) is 19.8 Å². The van der Waals surface area contributed by atoms with E-state index in [-0.39, 0.29) is 19.8 Å². The first kappa shape index (κ1) is 23.7. The fourth-order valence-corrected chi connectivity index (χ4v) is 3.94. The van der Waals surface area contributed by atoms with Crippen LogP contribution >= 0.6 is 27.5 Å². The molecule has 4 aromatic rings. The van der Waals surface area contributed by atoms with E-state index in [0.717, 1.165) is 20.3 Å². The summed E-state index contributed by atoms with van der Waals surface area (Å²) >= 11 is 9.55. The van der Waals surface area contributed by atoms with Crippen molar-refractivity contribution in [2.24, 2.45) is 0 Å². The van der Waals surface area contributed by atoms with Crippen LogP contribution in [0.25, 0.3) is 0 Å². The van der Waals surface area contributed by atoms with E-state index in [1.165, 1.54) is 7.11 Å². The van der Waals surface area contributed by atoms with Crippen molar-refractivity contribution in [3.8, 4) is 17.2 Å². The lowest BCUT2D eigenvalue weighted by molar-refractivity contribution is 0.241. The molecule has 0 unspecified atom stereocenters. The number of benzene rings is 3. The fourth-order valence-electron chi connectivity index (χ4n) is 3.28. The first-order valence-electron chi connectivity index (χ1n) is 10.2. The number of ether oxygens (including phenoxy) is 3. The largest absolute Gasteiger partial charge is 0.493 e. The van der Waals surface area contributed by atoms with Gasteiger partial charge in [0.15, 0.2) is 11.5 Å². The van der Waals surface area contributed by atoms with Gasteiger partial charge in [0, 0.05) is 9.50 Å². The lowest BCUT2D eigenvalue weighted by Gasteiger charge is -2.18. The van der Waals surface area contributed by atoms with E-state index in [1.807, 2.05) is 36.4 Å². The molecular formula is C24H20BrClN2O6. The number of nitrogens with zero attached hydrogens (tertiary/aromatic N) is 1. The highest BCUT2D eigenvalue weighted by atomic mass is 79.9. The van der Waals surface area contributed by atoms with Crippen LogP contribution in [0.2, 0.25) is 5.02 Å². The van der Waals surface area contributed by atoms with Crippen LogP contribution in [0.1, 0.15) is 16.7 Å². The average molecular weight is 548 g/mol. The molecule has 34 heavy (non-hydrogen) atoms. The number of aromatic amines is 1. The van der Waals surface area contributed by atoms with Crippen molar-refractivity contribution in [1.82, 2.24) is 9.72 Å². The zero-order chi connectivity index (χ0) is 24.1. The average Bonchev–Trinajstić information content (AvgIpc) is 3.12. The Balaban J connectivity index is 1.66. The highest BCUT2D eigenvalue weighted by Gasteiger charge is 2.17. The summed E-state index contributed by atoms with van der Waals surface area (Å²) in [5, 5.41) is 0.598. The number of aromatic nitrogens is 2. The van der Waals surface area contributed by atoms with E-state index in [2.05, 4.69) is 20.9 Å². The number of hydrogen-bond donors (Lipinski definition) is 1. The van der Waals surface area contributed by atoms with Gasteiger partial charge in [0.05, 0.1) is 13.7 Å². The zero-order valence-electron chi connectivity index (χ0n) is 18.0. The Morgan fingerprint density at radius 3 is 2.32 bits per heavy atom. The molecule has 1 N–H and O–H groups in total. The molecule has 10 heteroatoms. The molecule has 0 radical (unpaired) electrons. The Morgan fingerprint density at radius 1 is 0.941 bits per heavy atom. The second-order valence-electron chi connectivity index (χ2n) is 7.31. The first-order valence-corrected chi connectivity index (χ1v) is 11.3. The summed E-state index contributed by atoms with van der Waals surface area (Å²) in [6.07, 6.45) is 0. The number of halogens is 2. The second kappa shape index (κ2) is 10.7. The van der Waals surface area contributed by atoms with Gasteiger partial charge in [-0.1, -0.05) is 51.8 Å². The summed E-state index contributed by atoms with van der Waals surface area (Å²) in [4.78, 5) is 25.3. The van der Waals surface area contributed by atoms with Crippen LogP contribution in [0.15, 0.2) is 79.2 Å². The van der Waals surface area contributed by atoms with Crippen LogP contribution in [-0.2, 0) is 19.8 Å². The van der Waals surface area contributed by atoms with Gasteiger partial charge in [0.1, 0.15) is 13.2 Å². The van der Waals surface area contributed by atoms with Crippen LogP contribution in [0, 0.1) is 0 Å². The third-order valence-corrected chi connectivity index (χ3v) is 5.54. The molecule has 0 atom stereocenters. The third-order valence-electron chi connectivity index (χ3n) is 4.81. The molecule has 0 bridgehead atoms. The molecule has 8 nitrogen and oxygen atoms in total. The minimum Gasteiger partial charge on any atom is -0.493 e. The molecule has 0 amide bonds. The number of methoxy groups -OCH3 is 1. The SMILES string of the molecule is COc1cc(Cn2oc(=O)[nH]c2=O)cc(OCc2cccc(Cl)c2)c1OCc1cccc(Br)c1. The van der Waals surface area contributed by atoms with Gasteiger partial charge in [-0.05, 0) is 53.1 Å². The van der Waals surface area contributed by atoms with E-state index >= 15 is 0 Å². The number of hydrogen-bond acceptors (Lipinski definition) is 6. The van der Waals surface area contributed by atoms with Crippen molar-refractivity contribution in [3.05, 3.63) is 108 Å². The summed E-state index contributed by atoms with van der Waals surface area (Å²) in [5.74, 6) is 0.370. The molecule has 0 fully saturated rings. The molecule has 0 saturated heterocycles. The van der Waals surface area contributed by atoms with Gasteiger partial charge in [0.2, 0.25) is 5.75 Å². The van der Waals surface area contributed by atoms with Crippen molar-refractivity contribution >= 4 is 27.5 Å². The summed E-state index contributed by atoms with van der Waals surface area (Å²) < 4.78 is 24.5. The lowest BCUT2D eigenvalue weighted by Crippen LogP contribution is -2.17. The quantitative estimate of drug-likeness (QED) is 0.325.